The Kier molecular flexibility index (Phi) is 3.79. The average Bonchev–Trinajstić information content (AvgIpc) is 2.98. The summed E-state index contributed by atoms with van der Waals surface area (Å²) in [4.78, 5) is 15.2. The molecule has 0 saturated heterocycles. The molecule has 0 fully saturated rings. The third kappa shape index (κ3) is 3.51. The molecule has 0 saturated carbocycles. The van der Waals surface area contributed by atoms with Gasteiger partial charge in [-0.15, -0.1) is 0 Å². The summed E-state index contributed by atoms with van der Waals surface area (Å²) in [6.45, 7) is 0.720. The Hall–Kier alpha value is -2.51. The van der Waals surface area contributed by atoms with Crippen molar-refractivity contribution in [1.82, 2.24) is 20.8 Å². The number of rotatable bonds is 5. The third-order valence-electron chi connectivity index (χ3n) is 2.11. The zero-order valence-corrected chi connectivity index (χ0v) is 9.55. The van der Waals surface area contributed by atoms with Crippen molar-refractivity contribution in [2.45, 2.75) is 13.0 Å². The van der Waals surface area contributed by atoms with Gasteiger partial charge in [-0.25, -0.2) is 4.79 Å². The molecule has 0 unspecified atom stereocenters. The summed E-state index contributed by atoms with van der Waals surface area (Å²) < 4.78 is 9.86. The Bertz CT molecular complexity index is 493. The Balaban J connectivity index is 1.63. The molecule has 0 atom stereocenters. The number of anilines is 1. The number of nitrogens with one attached hydrogen (secondary N) is 2. The quantitative estimate of drug-likeness (QED) is 0.702. The number of hydrogen-bond donors (Lipinski definition) is 3. The van der Waals surface area contributed by atoms with E-state index in [0.29, 0.717) is 31.2 Å². The topological polar surface area (TPSA) is 119 Å². The van der Waals surface area contributed by atoms with Gasteiger partial charge in [-0.1, -0.05) is 0 Å². The SMILES string of the molecule is Nc1noc(CCNC(=O)NCc2ccco2)n1. The number of amides is 2. The molecule has 2 aromatic heterocycles. The number of nitrogen functional groups attached to an aromatic ring is 1. The number of nitrogens with two attached hydrogens (primary N) is 1. The lowest BCUT2D eigenvalue weighted by atomic mass is 10.4. The van der Waals surface area contributed by atoms with Gasteiger partial charge in [0.15, 0.2) is 0 Å². The molecule has 0 aliphatic carbocycles. The summed E-state index contributed by atoms with van der Waals surface area (Å²) >= 11 is 0. The van der Waals surface area contributed by atoms with Crippen LogP contribution >= 0.6 is 0 Å². The second-order valence-corrected chi connectivity index (χ2v) is 3.49. The number of furan rings is 1. The molecule has 0 bridgehead atoms. The number of urea groups is 1. The van der Waals surface area contributed by atoms with Crippen molar-refractivity contribution in [3.05, 3.63) is 30.0 Å². The van der Waals surface area contributed by atoms with Crippen LogP contribution in [-0.4, -0.2) is 22.7 Å². The van der Waals surface area contributed by atoms with Crippen molar-refractivity contribution in [1.29, 1.82) is 0 Å². The first-order chi connectivity index (χ1) is 8.74. The minimum Gasteiger partial charge on any atom is -0.467 e. The highest BCUT2D eigenvalue weighted by molar-refractivity contribution is 5.73. The maximum Gasteiger partial charge on any atom is 0.315 e. The van der Waals surface area contributed by atoms with Crippen LogP contribution in [0.5, 0.6) is 0 Å². The molecule has 18 heavy (non-hydrogen) atoms. The fraction of sp³-hybridized carbons (Fsp3) is 0.300. The number of hydrogen-bond acceptors (Lipinski definition) is 6. The summed E-state index contributed by atoms with van der Waals surface area (Å²) in [5.41, 5.74) is 5.29. The zero-order chi connectivity index (χ0) is 12.8. The Morgan fingerprint density at radius 2 is 2.33 bits per heavy atom. The van der Waals surface area contributed by atoms with Gasteiger partial charge >= 0.3 is 6.03 Å². The Labute approximate surface area is 103 Å². The first-order valence-electron chi connectivity index (χ1n) is 5.36. The number of aromatic nitrogens is 2. The summed E-state index contributed by atoms with van der Waals surface area (Å²) in [6, 6.07) is 3.25. The normalized spacial score (nSPS) is 10.2. The summed E-state index contributed by atoms with van der Waals surface area (Å²) in [7, 11) is 0. The third-order valence-corrected chi connectivity index (χ3v) is 2.11. The van der Waals surface area contributed by atoms with Gasteiger partial charge in [-0.3, -0.25) is 0 Å². The van der Waals surface area contributed by atoms with Crippen LogP contribution in [-0.2, 0) is 13.0 Å². The largest absolute Gasteiger partial charge is 0.467 e. The van der Waals surface area contributed by atoms with Crippen molar-refractivity contribution >= 4 is 12.0 Å². The van der Waals surface area contributed by atoms with Gasteiger partial charge < -0.3 is 25.3 Å². The van der Waals surface area contributed by atoms with Gasteiger partial charge in [0.2, 0.25) is 5.89 Å². The molecule has 2 amide bonds. The van der Waals surface area contributed by atoms with Crippen LogP contribution in [0.15, 0.2) is 27.3 Å². The predicted molar refractivity (Wildman–Crippen MR) is 61.4 cm³/mol. The average molecular weight is 251 g/mol. The van der Waals surface area contributed by atoms with Crippen LogP contribution in [0.3, 0.4) is 0 Å². The molecule has 2 aromatic rings. The van der Waals surface area contributed by atoms with Crippen LogP contribution < -0.4 is 16.4 Å². The van der Waals surface area contributed by atoms with E-state index in [9.17, 15) is 4.79 Å². The lowest BCUT2D eigenvalue weighted by Crippen LogP contribution is -2.36. The van der Waals surface area contributed by atoms with E-state index in [1.165, 1.54) is 0 Å². The summed E-state index contributed by atoms with van der Waals surface area (Å²) in [5, 5.41) is 8.72. The van der Waals surface area contributed by atoms with Crippen LogP contribution in [0.1, 0.15) is 11.7 Å². The van der Waals surface area contributed by atoms with E-state index in [-0.39, 0.29) is 12.0 Å². The molecule has 0 spiro atoms. The van der Waals surface area contributed by atoms with Crippen molar-refractivity contribution in [2.24, 2.45) is 0 Å². The predicted octanol–water partition coefficient (Wildman–Crippen LogP) is 0.287. The number of carbonyl (C=O) groups is 1. The minimum atomic E-state index is -0.293. The van der Waals surface area contributed by atoms with E-state index >= 15 is 0 Å². The molecule has 4 N–H and O–H groups in total. The molecule has 8 heteroatoms. The smallest absolute Gasteiger partial charge is 0.315 e. The molecule has 2 rings (SSSR count). The maximum atomic E-state index is 11.4. The van der Waals surface area contributed by atoms with Crippen molar-refractivity contribution in [3.63, 3.8) is 0 Å². The van der Waals surface area contributed by atoms with E-state index in [0.717, 1.165) is 0 Å². The molecule has 0 aromatic carbocycles. The highest BCUT2D eigenvalue weighted by Crippen LogP contribution is 1.99. The van der Waals surface area contributed by atoms with E-state index in [1.807, 2.05) is 0 Å². The Morgan fingerprint density at radius 3 is 3.00 bits per heavy atom. The molecule has 0 aliphatic heterocycles. The standard InChI is InChI=1S/C10H13N5O3/c11-9-14-8(18-15-9)3-4-12-10(16)13-6-7-2-1-5-17-7/h1-2,5H,3-4,6H2,(H2,11,15)(H2,12,13,16). The molecule has 96 valence electrons. The van der Waals surface area contributed by atoms with Gasteiger partial charge in [0.05, 0.1) is 12.8 Å². The molecule has 0 radical (unpaired) electrons. The molecule has 8 nitrogen and oxygen atoms in total. The van der Waals surface area contributed by atoms with Crippen LogP contribution in [0.25, 0.3) is 0 Å². The molecular formula is C10H13N5O3. The molecular weight excluding hydrogens is 238 g/mol. The first-order valence-corrected chi connectivity index (χ1v) is 5.36. The molecule has 2 heterocycles. The van der Waals surface area contributed by atoms with Gasteiger partial charge in [0.1, 0.15) is 5.76 Å². The fourth-order valence-corrected chi connectivity index (χ4v) is 1.30. The second-order valence-electron chi connectivity index (χ2n) is 3.49. The van der Waals surface area contributed by atoms with E-state index in [4.69, 9.17) is 14.7 Å². The highest BCUT2D eigenvalue weighted by atomic mass is 16.5. The zero-order valence-electron chi connectivity index (χ0n) is 9.55. The van der Waals surface area contributed by atoms with Crippen molar-refractivity contribution < 1.29 is 13.7 Å². The minimum absolute atomic E-state index is 0.0901. The van der Waals surface area contributed by atoms with Crippen LogP contribution in [0.4, 0.5) is 10.7 Å². The molecule has 0 aliphatic rings. The van der Waals surface area contributed by atoms with E-state index < -0.39 is 0 Å². The van der Waals surface area contributed by atoms with E-state index in [2.05, 4.69) is 20.8 Å². The first kappa shape index (κ1) is 12.0. The lowest BCUT2D eigenvalue weighted by Gasteiger charge is -2.04. The van der Waals surface area contributed by atoms with Gasteiger partial charge in [0, 0.05) is 13.0 Å². The number of carbonyl (C=O) groups excluding carboxylic acids is 1. The fourth-order valence-electron chi connectivity index (χ4n) is 1.30. The van der Waals surface area contributed by atoms with Crippen LogP contribution in [0, 0.1) is 0 Å². The van der Waals surface area contributed by atoms with E-state index in [1.54, 1.807) is 18.4 Å². The Morgan fingerprint density at radius 1 is 1.44 bits per heavy atom. The van der Waals surface area contributed by atoms with Crippen molar-refractivity contribution in [3.8, 4) is 0 Å². The maximum absolute atomic E-state index is 11.4. The van der Waals surface area contributed by atoms with Gasteiger partial charge in [-0.05, 0) is 17.3 Å². The van der Waals surface area contributed by atoms with Gasteiger partial charge in [-0.2, -0.15) is 4.98 Å². The summed E-state index contributed by atoms with van der Waals surface area (Å²) in [6.07, 6.45) is 1.98. The lowest BCUT2D eigenvalue weighted by molar-refractivity contribution is 0.239. The van der Waals surface area contributed by atoms with Crippen LogP contribution in [0.2, 0.25) is 0 Å². The highest BCUT2D eigenvalue weighted by Gasteiger charge is 2.05. The number of nitrogens with zero attached hydrogens (tertiary/aromatic N) is 2. The van der Waals surface area contributed by atoms with Gasteiger partial charge in [0.25, 0.3) is 5.95 Å². The monoisotopic (exact) mass is 251 g/mol. The summed E-state index contributed by atoms with van der Waals surface area (Å²) in [5.74, 6) is 1.17. The van der Waals surface area contributed by atoms with Crippen molar-refractivity contribution in [2.75, 3.05) is 12.3 Å². The second kappa shape index (κ2) is 5.71.